The zero-order chi connectivity index (χ0) is 15.1. The molecule has 0 aliphatic heterocycles. The molecule has 0 spiro atoms. The first-order valence-corrected chi connectivity index (χ1v) is 6.54. The maximum atomic E-state index is 12.0. The minimum atomic E-state index is -0.318. The molecule has 2 N–H and O–H groups in total. The van der Waals surface area contributed by atoms with Crippen LogP contribution in [0.25, 0.3) is 0 Å². The molecule has 0 bridgehead atoms. The van der Waals surface area contributed by atoms with Crippen LogP contribution in [0.4, 0.5) is 10.5 Å². The summed E-state index contributed by atoms with van der Waals surface area (Å²) >= 11 is 0. The minimum absolute atomic E-state index is 0.318. The molecular weight excluding hydrogens is 268 g/mol. The van der Waals surface area contributed by atoms with E-state index in [0.29, 0.717) is 23.7 Å². The number of carbonyl (C=O) groups excluding carboxylic acids is 1. The van der Waals surface area contributed by atoms with Gasteiger partial charge in [0.25, 0.3) is 0 Å². The van der Waals surface area contributed by atoms with E-state index in [-0.39, 0.29) is 6.03 Å². The molecule has 0 saturated heterocycles. The van der Waals surface area contributed by atoms with E-state index in [1.165, 1.54) is 0 Å². The normalized spacial score (nSPS) is 9.81. The molecule has 0 unspecified atom stereocenters. The molecule has 2 rings (SSSR count). The first kappa shape index (κ1) is 14.7. The van der Waals surface area contributed by atoms with Crippen molar-refractivity contribution in [3.05, 3.63) is 54.1 Å². The van der Waals surface area contributed by atoms with Gasteiger partial charge in [-0.1, -0.05) is 36.4 Å². The van der Waals surface area contributed by atoms with Crippen LogP contribution in [0.2, 0.25) is 0 Å². The highest BCUT2D eigenvalue weighted by Crippen LogP contribution is 2.33. The number of nitrogens with one attached hydrogen (secondary N) is 2. The largest absolute Gasteiger partial charge is 0.494 e. The Morgan fingerprint density at radius 1 is 0.952 bits per heavy atom. The SMILES string of the molecule is COc1cccc(OC)c1NC(=O)NCc1ccccc1. The van der Waals surface area contributed by atoms with Crippen molar-refractivity contribution in [1.29, 1.82) is 0 Å². The number of amides is 2. The third kappa shape index (κ3) is 3.89. The zero-order valence-electron chi connectivity index (χ0n) is 12.1. The van der Waals surface area contributed by atoms with Gasteiger partial charge < -0.3 is 20.1 Å². The Kier molecular flexibility index (Phi) is 5.04. The Hall–Kier alpha value is -2.69. The van der Waals surface area contributed by atoms with Crippen LogP contribution in [0.5, 0.6) is 11.5 Å². The summed E-state index contributed by atoms with van der Waals surface area (Å²) in [5, 5.41) is 5.54. The van der Waals surface area contributed by atoms with E-state index in [2.05, 4.69) is 10.6 Å². The second-order valence-corrected chi connectivity index (χ2v) is 4.33. The van der Waals surface area contributed by atoms with Crippen LogP contribution >= 0.6 is 0 Å². The number of methoxy groups -OCH3 is 2. The quantitative estimate of drug-likeness (QED) is 0.888. The van der Waals surface area contributed by atoms with Crippen molar-refractivity contribution >= 4 is 11.7 Å². The summed E-state index contributed by atoms with van der Waals surface area (Å²) in [6.45, 7) is 0.449. The zero-order valence-corrected chi connectivity index (χ0v) is 12.1. The van der Waals surface area contributed by atoms with Crippen LogP contribution in [-0.2, 0) is 6.54 Å². The van der Waals surface area contributed by atoms with Gasteiger partial charge in [0.15, 0.2) is 0 Å². The van der Waals surface area contributed by atoms with E-state index in [0.717, 1.165) is 5.56 Å². The molecule has 2 amide bonds. The van der Waals surface area contributed by atoms with Crippen molar-refractivity contribution < 1.29 is 14.3 Å². The maximum Gasteiger partial charge on any atom is 0.319 e. The van der Waals surface area contributed by atoms with Gasteiger partial charge >= 0.3 is 6.03 Å². The average molecular weight is 286 g/mol. The second-order valence-electron chi connectivity index (χ2n) is 4.33. The molecule has 0 heterocycles. The van der Waals surface area contributed by atoms with Crippen molar-refractivity contribution in [2.24, 2.45) is 0 Å². The molecule has 5 nitrogen and oxygen atoms in total. The van der Waals surface area contributed by atoms with Gasteiger partial charge in [0.1, 0.15) is 17.2 Å². The van der Waals surface area contributed by atoms with E-state index in [4.69, 9.17) is 9.47 Å². The van der Waals surface area contributed by atoms with Crippen LogP contribution in [0.15, 0.2) is 48.5 Å². The number of hydrogen-bond acceptors (Lipinski definition) is 3. The summed E-state index contributed by atoms with van der Waals surface area (Å²) in [5.41, 5.74) is 1.53. The van der Waals surface area contributed by atoms with Crippen molar-refractivity contribution in [2.75, 3.05) is 19.5 Å². The van der Waals surface area contributed by atoms with Gasteiger partial charge in [0.05, 0.1) is 14.2 Å². The monoisotopic (exact) mass is 286 g/mol. The molecule has 0 aromatic heterocycles. The Balaban J connectivity index is 2.02. The summed E-state index contributed by atoms with van der Waals surface area (Å²) in [4.78, 5) is 12.0. The lowest BCUT2D eigenvalue weighted by Crippen LogP contribution is -2.28. The van der Waals surface area contributed by atoms with Gasteiger partial charge in [-0.25, -0.2) is 4.79 Å². The van der Waals surface area contributed by atoms with E-state index < -0.39 is 0 Å². The van der Waals surface area contributed by atoms with Crippen molar-refractivity contribution in [3.63, 3.8) is 0 Å². The Morgan fingerprint density at radius 2 is 1.57 bits per heavy atom. The molecule has 110 valence electrons. The lowest BCUT2D eigenvalue weighted by Gasteiger charge is -2.14. The van der Waals surface area contributed by atoms with E-state index in [1.54, 1.807) is 32.4 Å². The summed E-state index contributed by atoms with van der Waals surface area (Å²) in [6, 6.07) is 14.7. The minimum Gasteiger partial charge on any atom is -0.494 e. The van der Waals surface area contributed by atoms with Crippen molar-refractivity contribution in [1.82, 2.24) is 5.32 Å². The molecule has 0 saturated carbocycles. The van der Waals surface area contributed by atoms with Crippen molar-refractivity contribution in [2.45, 2.75) is 6.54 Å². The molecule has 5 heteroatoms. The molecule has 0 radical (unpaired) electrons. The van der Waals surface area contributed by atoms with Gasteiger partial charge in [-0.05, 0) is 17.7 Å². The maximum absolute atomic E-state index is 12.0. The highest BCUT2D eigenvalue weighted by Gasteiger charge is 2.12. The highest BCUT2D eigenvalue weighted by molar-refractivity contribution is 5.92. The van der Waals surface area contributed by atoms with Crippen LogP contribution in [0.3, 0.4) is 0 Å². The first-order valence-electron chi connectivity index (χ1n) is 6.54. The summed E-state index contributed by atoms with van der Waals surface area (Å²) in [5.74, 6) is 1.09. The molecule has 0 atom stereocenters. The summed E-state index contributed by atoms with van der Waals surface area (Å²) in [7, 11) is 3.09. The fraction of sp³-hybridized carbons (Fsp3) is 0.188. The number of anilines is 1. The average Bonchev–Trinajstić information content (AvgIpc) is 2.54. The highest BCUT2D eigenvalue weighted by atomic mass is 16.5. The van der Waals surface area contributed by atoms with E-state index >= 15 is 0 Å². The molecule has 21 heavy (non-hydrogen) atoms. The lowest BCUT2D eigenvalue weighted by molar-refractivity contribution is 0.251. The van der Waals surface area contributed by atoms with Crippen LogP contribution in [0.1, 0.15) is 5.56 Å². The second kappa shape index (κ2) is 7.19. The summed E-state index contributed by atoms with van der Waals surface area (Å²) in [6.07, 6.45) is 0. The number of hydrogen-bond donors (Lipinski definition) is 2. The van der Waals surface area contributed by atoms with Crippen LogP contribution < -0.4 is 20.1 Å². The predicted molar refractivity (Wildman–Crippen MR) is 81.8 cm³/mol. The van der Waals surface area contributed by atoms with Gasteiger partial charge in [0, 0.05) is 6.54 Å². The number of para-hydroxylation sites is 1. The van der Waals surface area contributed by atoms with Gasteiger partial charge in [0.2, 0.25) is 0 Å². The Bertz CT molecular complexity index is 577. The fourth-order valence-corrected chi connectivity index (χ4v) is 1.91. The molecule has 0 aliphatic carbocycles. The Morgan fingerprint density at radius 3 is 2.14 bits per heavy atom. The van der Waals surface area contributed by atoms with Crippen molar-refractivity contribution in [3.8, 4) is 11.5 Å². The van der Waals surface area contributed by atoms with Crippen LogP contribution in [-0.4, -0.2) is 20.3 Å². The van der Waals surface area contributed by atoms with Gasteiger partial charge in [-0.15, -0.1) is 0 Å². The Labute approximate surface area is 123 Å². The number of benzene rings is 2. The molecule has 0 fully saturated rings. The molecule has 0 aliphatic rings. The van der Waals surface area contributed by atoms with Gasteiger partial charge in [-0.2, -0.15) is 0 Å². The number of ether oxygens (including phenoxy) is 2. The predicted octanol–water partition coefficient (Wildman–Crippen LogP) is 3.03. The van der Waals surface area contributed by atoms with E-state index in [1.807, 2.05) is 30.3 Å². The van der Waals surface area contributed by atoms with Gasteiger partial charge in [-0.3, -0.25) is 0 Å². The topological polar surface area (TPSA) is 59.6 Å². The number of urea groups is 1. The van der Waals surface area contributed by atoms with E-state index in [9.17, 15) is 4.79 Å². The lowest BCUT2D eigenvalue weighted by atomic mass is 10.2. The standard InChI is InChI=1S/C16H18N2O3/c1-20-13-9-6-10-14(21-2)15(13)18-16(19)17-11-12-7-4-3-5-8-12/h3-10H,11H2,1-2H3,(H2,17,18,19). The third-order valence-electron chi connectivity index (χ3n) is 2.96. The van der Waals surface area contributed by atoms with Crippen LogP contribution in [0, 0.1) is 0 Å². The molecule has 2 aromatic rings. The third-order valence-corrected chi connectivity index (χ3v) is 2.96. The smallest absolute Gasteiger partial charge is 0.319 e. The first-order chi connectivity index (χ1) is 10.2. The molecule has 2 aromatic carbocycles. The number of rotatable bonds is 5. The summed E-state index contributed by atoms with van der Waals surface area (Å²) < 4.78 is 10.5. The molecular formula is C16H18N2O3. The number of carbonyl (C=O) groups is 1. The fourth-order valence-electron chi connectivity index (χ4n) is 1.91.